The average Bonchev–Trinajstić information content (AvgIpc) is 2.29. The first-order valence-electron chi connectivity index (χ1n) is 4.79. The van der Waals surface area contributed by atoms with E-state index in [1.807, 2.05) is 30.3 Å². The number of hydrogen-bond acceptors (Lipinski definition) is 2. The summed E-state index contributed by atoms with van der Waals surface area (Å²) in [5.74, 6) is 1.52. The molecule has 0 bridgehead atoms. The minimum Gasteiger partial charge on any atom is -0.480 e. The Bertz CT molecular complexity index is 404. The van der Waals surface area contributed by atoms with Crippen molar-refractivity contribution in [2.24, 2.45) is 0 Å². The zero-order chi connectivity index (χ0) is 11.8. The van der Waals surface area contributed by atoms with Gasteiger partial charge in [-0.1, -0.05) is 30.2 Å². The molecule has 1 aromatic rings. The molecule has 1 aromatic carbocycles. The Hall–Kier alpha value is -1.66. The molecule has 2 nitrogen and oxygen atoms in total. The van der Waals surface area contributed by atoms with Crippen molar-refractivity contribution in [1.29, 1.82) is 0 Å². The van der Waals surface area contributed by atoms with Gasteiger partial charge in [0.25, 0.3) is 0 Å². The van der Waals surface area contributed by atoms with Gasteiger partial charge in [-0.2, -0.15) is 0 Å². The molecule has 0 spiro atoms. The fraction of sp³-hybridized carbons (Fsp3) is 0.154. The van der Waals surface area contributed by atoms with E-state index in [1.54, 1.807) is 6.08 Å². The Morgan fingerprint density at radius 1 is 1.50 bits per heavy atom. The standard InChI is InChI=1S/C13H12O2S/c1-2-3-5-10-12(13(14)15)16-11-8-6-4-7-9-11/h1,3-9,12H,10H2,(H,14,15). The highest BCUT2D eigenvalue weighted by Gasteiger charge is 2.16. The van der Waals surface area contributed by atoms with Crippen molar-refractivity contribution in [1.82, 2.24) is 0 Å². The van der Waals surface area contributed by atoms with Crippen LogP contribution in [0.5, 0.6) is 0 Å². The highest BCUT2D eigenvalue weighted by Crippen LogP contribution is 2.25. The molecule has 0 radical (unpaired) electrons. The van der Waals surface area contributed by atoms with Crippen molar-refractivity contribution in [3.63, 3.8) is 0 Å². The molecule has 1 unspecified atom stereocenters. The maximum atomic E-state index is 11.0. The Morgan fingerprint density at radius 2 is 2.19 bits per heavy atom. The van der Waals surface area contributed by atoms with Crippen molar-refractivity contribution >= 4 is 17.7 Å². The van der Waals surface area contributed by atoms with Crippen LogP contribution in [0.1, 0.15) is 6.42 Å². The summed E-state index contributed by atoms with van der Waals surface area (Å²) < 4.78 is 0. The van der Waals surface area contributed by atoms with Crippen LogP contribution in [0.2, 0.25) is 0 Å². The predicted molar refractivity (Wildman–Crippen MR) is 66.3 cm³/mol. The van der Waals surface area contributed by atoms with Gasteiger partial charge in [0.1, 0.15) is 5.25 Å². The first-order valence-corrected chi connectivity index (χ1v) is 5.67. The van der Waals surface area contributed by atoms with Crippen LogP contribution in [-0.2, 0) is 4.79 Å². The predicted octanol–water partition coefficient (Wildman–Crippen LogP) is 2.81. The summed E-state index contributed by atoms with van der Waals surface area (Å²) in [6, 6.07) is 9.46. The SMILES string of the molecule is C#CC=CCC(Sc1ccccc1)C(=O)O. The Morgan fingerprint density at radius 3 is 2.75 bits per heavy atom. The van der Waals surface area contributed by atoms with Crippen LogP contribution in [0.3, 0.4) is 0 Å². The Kier molecular flexibility index (Phi) is 5.24. The van der Waals surface area contributed by atoms with Crippen LogP contribution in [0.15, 0.2) is 47.4 Å². The van der Waals surface area contributed by atoms with Gasteiger partial charge in [-0.05, 0) is 24.6 Å². The molecule has 1 N–H and O–H groups in total. The monoisotopic (exact) mass is 232 g/mol. The second-order valence-electron chi connectivity index (χ2n) is 3.06. The maximum Gasteiger partial charge on any atom is 0.317 e. The summed E-state index contributed by atoms with van der Waals surface area (Å²) in [6.07, 6.45) is 8.71. The van der Waals surface area contributed by atoms with Crippen LogP contribution in [-0.4, -0.2) is 16.3 Å². The number of carbonyl (C=O) groups is 1. The lowest BCUT2D eigenvalue weighted by Crippen LogP contribution is -2.15. The third-order valence-corrected chi connectivity index (χ3v) is 3.08. The molecule has 82 valence electrons. The molecule has 16 heavy (non-hydrogen) atoms. The lowest BCUT2D eigenvalue weighted by Gasteiger charge is -2.08. The van der Waals surface area contributed by atoms with Gasteiger partial charge in [0.2, 0.25) is 0 Å². The average molecular weight is 232 g/mol. The van der Waals surface area contributed by atoms with Gasteiger partial charge in [0.05, 0.1) is 0 Å². The molecule has 0 aromatic heterocycles. The summed E-state index contributed by atoms with van der Waals surface area (Å²) in [7, 11) is 0. The second kappa shape index (κ2) is 6.76. The lowest BCUT2D eigenvalue weighted by molar-refractivity contribution is -0.136. The quantitative estimate of drug-likeness (QED) is 0.626. The number of rotatable bonds is 5. The minimum absolute atomic E-state index is 0.430. The van der Waals surface area contributed by atoms with Gasteiger partial charge in [-0.3, -0.25) is 4.79 Å². The fourth-order valence-corrected chi connectivity index (χ4v) is 2.07. The van der Waals surface area contributed by atoms with E-state index < -0.39 is 11.2 Å². The van der Waals surface area contributed by atoms with Crippen molar-refractivity contribution in [3.05, 3.63) is 42.5 Å². The van der Waals surface area contributed by atoms with Crippen molar-refractivity contribution < 1.29 is 9.90 Å². The van der Waals surface area contributed by atoms with Gasteiger partial charge in [0, 0.05) is 4.90 Å². The second-order valence-corrected chi connectivity index (χ2v) is 4.34. The normalized spacial score (nSPS) is 12.2. The number of hydrogen-bond donors (Lipinski definition) is 1. The largest absolute Gasteiger partial charge is 0.480 e. The number of allylic oxidation sites excluding steroid dienone is 2. The molecule has 0 aliphatic heterocycles. The van der Waals surface area contributed by atoms with Gasteiger partial charge in [-0.15, -0.1) is 18.2 Å². The van der Waals surface area contributed by atoms with E-state index >= 15 is 0 Å². The number of carboxylic acids is 1. The molecular formula is C13H12O2S. The maximum absolute atomic E-state index is 11.0. The molecule has 0 saturated heterocycles. The number of thioether (sulfide) groups is 1. The van der Waals surface area contributed by atoms with Gasteiger partial charge in [-0.25, -0.2) is 0 Å². The van der Waals surface area contributed by atoms with Crippen molar-refractivity contribution in [2.45, 2.75) is 16.6 Å². The molecule has 0 amide bonds. The Labute approximate surface area is 99.4 Å². The van der Waals surface area contributed by atoms with Crippen molar-refractivity contribution in [2.75, 3.05) is 0 Å². The first-order chi connectivity index (χ1) is 7.74. The molecule has 0 fully saturated rings. The van der Waals surface area contributed by atoms with Crippen LogP contribution < -0.4 is 0 Å². The fourth-order valence-electron chi connectivity index (χ4n) is 1.12. The Balaban J connectivity index is 2.62. The highest BCUT2D eigenvalue weighted by atomic mass is 32.2. The van der Waals surface area contributed by atoms with Crippen LogP contribution in [0, 0.1) is 12.3 Å². The number of carboxylic acid groups (broad SMARTS) is 1. The third-order valence-electron chi connectivity index (χ3n) is 1.86. The van der Waals surface area contributed by atoms with E-state index in [0.717, 1.165) is 4.90 Å². The van der Waals surface area contributed by atoms with E-state index in [2.05, 4.69) is 5.92 Å². The smallest absolute Gasteiger partial charge is 0.317 e. The minimum atomic E-state index is -0.824. The number of aliphatic carboxylic acids is 1. The molecule has 0 saturated carbocycles. The molecule has 0 aliphatic rings. The van der Waals surface area contributed by atoms with Crippen LogP contribution in [0.4, 0.5) is 0 Å². The number of terminal acetylenes is 1. The highest BCUT2D eigenvalue weighted by molar-refractivity contribution is 8.00. The van der Waals surface area contributed by atoms with E-state index in [1.165, 1.54) is 17.8 Å². The van der Waals surface area contributed by atoms with E-state index in [4.69, 9.17) is 11.5 Å². The van der Waals surface area contributed by atoms with Crippen molar-refractivity contribution in [3.8, 4) is 12.3 Å². The zero-order valence-electron chi connectivity index (χ0n) is 8.67. The topological polar surface area (TPSA) is 37.3 Å². The lowest BCUT2D eigenvalue weighted by atomic mass is 10.3. The van der Waals surface area contributed by atoms with Crippen LogP contribution >= 0.6 is 11.8 Å². The molecular weight excluding hydrogens is 220 g/mol. The first kappa shape index (κ1) is 12.4. The summed E-state index contributed by atoms with van der Waals surface area (Å²) in [4.78, 5) is 11.9. The third kappa shape index (κ3) is 4.24. The molecule has 3 heteroatoms. The molecule has 1 rings (SSSR count). The molecule has 0 heterocycles. The number of benzene rings is 1. The summed E-state index contributed by atoms with van der Waals surface area (Å²) >= 11 is 1.33. The summed E-state index contributed by atoms with van der Waals surface area (Å²) in [6.45, 7) is 0. The van der Waals surface area contributed by atoms with Gasteiger partial charge in [0.15, 0.2) is 0 Å². The van der Waals surface area contributed by atoms with E-state index in [-0.39, 0.29) is 0 Å². The summed E-state index contributed by atoms with van der Waals surface area (Å²) in [5, 5.41) is 8.53. The van der Waals surface area contributed by atoms with E-state index in [0.29, 0.717) is 6.42 Å². The van der Waals surface area contributed by atoms with E-state index in [9.17, 15) is 4.79 Å². The van der Waals surface area contributed by atoms with Gasteiger partial charge < -0.3 is 5.11 Å². The zero-order valence-corrected chi connectivity index (χ0v) is 9.48. The summed E-state index contributed by atoms with van der Waals surface area (Å²) in [5.41, 5.74) is 0. The van der Waals surface area contributed by atoms with Crippen LogP contribution in [0.25, 0.3) is 0 Å². The van der Waals surface area contributed by atoms with Gasteiger partial charge >= 0.3 is 5.97 Å². The molecule has 1 atom stereocenters. The molecule has 0 aliphatic carbocycles.